The van der Waals surface area contributed by atoms with Crippen molar-refractivity contribution >= 4 is 51.6 Å². The van der Waals surface area contributed by atoms with E-state index < -0.39 is 0 Å². The highest BCUT2D eigenvalue weighted by atomic mass is 79.9. The third-order valence-corrected chi connectivity index (χ3v) is 6.51. The van der Waals surface area contributed by atoms with Gasteiger partial charge in [0.25, 0.3) is 0 Å². The van der Waals surface area contributed by atoms with Crippen LogP contribution in [0.4, 0.5) is 0 Å². The second kappa shape index (κ2) is 6.57. The van der Waals surface area contributed by atoms with Crippen LogP contribution < -0.4 is 5.46 Å². The minimum atomic E-state index is -0.105. The number of nitrogens with one attached hydrogen (secondary N) is 1. The van der Waals surface area contributed by atoms with Gasteiger partial charge in [-0.15, -0.1) is 0 Å². The molecule has 2 atom stereocenters. The van der Waals surface area contributed by atoms with Crippen LogP contribution in [-0.2, 0) is 11.2 Å². The number of halogens is 1. The smallest absolute Gasteiger partial charge is 0.230 e. The Morgan fingerprint density at radius 3 is 2.81 bits per heavy atom. The first-order valence-corrected chi connectivity index (χ1v) is 10.0. The van der Waals surface area contributed by atoms with Crippen LogP contribution in [0.5, 0.6) is 0 Å². The van der Waals surface area contributed by atoms with E-state index in [-0.39, 0.29) is 17.9 Å². The SMILES string of the molecule is [B]c1cc2c3c(c(Br)[nH]c3c1)CC1C2=C[C@@H](C(=O)N(CC)CC)CN1C. The monoisotopic (exact) mass is 411 g/mol. The summed E-state index contributed by atoms with van der Waals surface area (Å²) in [6.07, 6.45) is 3.13. The lowest BCUT2D eigenvalue weighted by Crippen LogP contribution is -2.47. The van der Waals surface area contributed by atoms with Crippen LogP contribution in [0.3, 0.4) is 0 Å². The third kappa shape index (κ3) is 2.66. The van der Waals surface area contributed by atoms with Crippen LogP contribution in [-0.4, -0.2) is 61.3 Å². The molecule has 4 nitrogen and oxygen atoms in total. The van der Waals surface area contributed by atoms with E-state index in [4.69, 9.17) is 7.85 Å². The van der Waals surface area contributed by atoms with Crippen LogP contribution in [0, 0.1) is 5.92 Å². The van der Waals surface area contributed by atoms with E-state index in [0.29, 0.717) is 0 Å². The molecule has 26 heavy (non-hydrogen) atoms. The number of aromatic amines is 1. The first kappa shape index (κ1) is 17.9. The van der Waals surface area contributed by atoms with Crippen LogP contribution in [0.15, 0.2) is 22.8 Å². The molecular weight excluding hydrogens is 389 g/mol. The maximum absolute atomic E-state index is 13.0. The Hall–Kier alpha value is -1.53. The number of benzene rings is 1. The van der Waals surface area contributed by atoms with Crippen molar-refractivity contribution in [2.24, 2.45) is 5.92 Å². The van der Waals surface area contributed by atoms with Crippen LogP contribution >= 0.6 is 15.9 Å². The van der Waals surface area contributed by atoms with Crippen molar-refractivity contribution in [1.82, 2.24) is 14.8 Å². The summed E-state index contributed by atoms with van der Waals surface area (Å²) in [6, 6.07) is 4.32. The topological polar surface area (TPSA) is 39.3 Å². The Balaban J connectivity index is 1.86. The molecule has 0 saturated carbocycles. The summed E-state index contributed by atoms with van der Waals surface area (Å²) in [5.74, 6) is 0.112. The summed E-state index contributed by atoms with van der Waals surface area (Å²) < 4.78 is 1.04. The van der Waals surface area contributed by atoms with Crippen molar-refractivity contribution in [2.75, 3.05) is 26.7 Å². The zero-order valence-corrected chi connectivity index (χ0v) is 17.1. The second-order valence-corrected chi connectivity index (χ2v) is 8.10. The maximum atomic E-state index is 13.0. The molecule has 134 valence electrons. The number of fused-ring (bicyclic) bond motifs is 2. The quantitative estimate of drug-likeness (QED) is 0.788. The number of amides is 1. The van der Waals surface area contributed by atoms with Gasteiger partial charge in [0, 0.05) is 36.6 Å². The minimum Gasteiger partial charge on any atom is -0.349 e. The molecule has 2 heterocycles. The van der Waals surface area contributed by atoms with Gasteiger partial charge in [0.1, 0.15) is 7.85 Å². The van der Waals surface area contributed by atoms with Gasteiger partial charge in [0.15, 0.2) is 0 Å². The van der Waals surface area contributed by atoms with E-state index in [9.17, 15) is 4.79 Å². The third-order valence-electron chi connectivity index (χ3n) is 5.83. The number of aromatic nitrogens is 1. The van der Waals surface area contributed by atoms with Crippen molar-refractivity contribution in [2.45, 2.75) is 26.3 Å². The fourth-order valence-corrected chi connectivity index (χ4v) is 5.09. The molecule has 2 aromatic rings. The summed E-state index contributed by atoms with van der Waals surface area (Å²) in [7, 11) is 8.29. The predicted molar refractivity (Wildman–Crippen MR) is 111 cm³/mol. The first-order valence-electron chi connectivity index (χ1n) is 9.25. The molecule has 2 aliphatic rings. The van der Waals surface area contributed by atoms with Crippen molar-refractivity contribution in [3.05, 3.63) is 33.9 Å². The van der Waals surface area contributed by atoms with Crippen LogP contribution in [0.1, 0.15) is 25.0 Å². The zero-order chi connectivity index (χ0) is 18.6. The number of likely N-dealkylation sites (N-methyl/N-ethyl adjacent to an activating group) is 1. The predicted octanol–water partition coefficient (Wildman–Crippen LogP) is 2.46. The van der Waals surface area contributed by atoms with E-state index in [0.717, 1.165) is 47.2 Å². The number of H-pyrrole nitrogens is 1. The van der Waals surface area contributed by atoms with E-state index in [1.807, 2.05) is 24.8 Å². The van der Waals surface area contributed by atoms with E-state index >= 15 is 0 Å². The number of hydrogen-bond donors (Lipinski definition) is 1. The first-order chi connectivity index (χ1) is 12.4. The molecular formula is C20H23BBrN3O. The lowest BCUT2D eigenvalue weighted by molar-refractivity contribution is -0.134. The molecule has 1 aromatic heterocycles. The summed E-state index contributed by atoms with van der Waals surface area (Å²) >= 11 is 3.68. The summed E-state index contributed by atoms with van der Waals surface area (Å²) in [4.78, 5) is 20.6. The average molecular weight is 412 g/mol. The maximum Gasteiger partial charge on any atom is 0.230 e. The molecule has 6 heteroatoms. The van der Waals surface area contributed by atoms with Gasteiger partial charge in [-0.05, 0) is 66.0 Å². The molecule has 1 unspecified atom stereocenters. The van der Waals surface area contributed by atoms with Crippen molar-refractivity contribution in [3.63, 3.8) is 0 Å². The molecule has 1 amide bonds. The lowest BCUT2D eigenvalue weighted by atomic mass is 9.77. The fraction of sp³-hybridized carbons (Fsp3) is 0.450. The molecule has 4 rings (SSSR count). The molecule has 0 fully saturated rings. The van der Waals surface area contributed by atoms with Gasteiger partial charge in [0.05, 0.1) is 10.5 Å². The highest BCUT2D eigenvalue weighted by Gasteiger charge is 2.37. The standard InChI is InChI=1S/C20H23BBrN3O/c1-4-25(5-2)20(26)11-6-13-14-7-12(21)8-16-18(14)15(19(22)23-16)9-17(13)24(3)10-11/h6-8,11,17,23H,4-5,9-10H2,1-3H3/t11-,17?/m1/s1. The summed E-state index contributed by atoms with van der Waals surface area (Å²) in [5.41, 5.74) is 5.51. The second-order valence-electron chi connectivity index (χ2n) is 7.31. The van der Waals surface area contributed by atoms with Crippen molar-refractivity contribution < 1.29 is 4.79 Å². The highest BCUT2D eigenvalue weighted by Crippen LogP contribution is 2.43. The molecule has 1 N–H and O–H groups in total. The number of rotatable bonds is 3. The van der Waals surface area contributed by atoms with E-state index in [2.05, 4.69) is 45.0 Å². The Bertz CT molecular complexity index is 915. The highest BCUT2D eigenvalue weighted by molar-refractivity contribution is 9.10. The lowest BCUT2D eigenvalue weighted by Gasteiger charge is -2.40. The minimum absolute atomic E-state index is 0.105. The number of carbonyl (C=O) groups excluding carboxylic acids is 1. The van der Waals surface area contributed by atoms with Gasteiger partial charge in [-0.1, -0.05) is 17.6 Å². The van der Waals surface area contributed by atoms with Gasteiger partial charge < -0.3 is 9.88 Å². The Morgan fingerprint density at radius 1 is 1.38 bits per heavy atom. The molecule has 1 aliphatic heterocycles. The van der Waals surface area contributed by atoms with Gasteiger partial charge >= 0.3 is 0 Å². The zero-order valence-electron chi connectivity index (χ0n) is 15.5. The van der Waals surface area contributed by atoms with Gasteiger partial charge in [-0.2, -0.15) is 0 Å². The van der Waals surface area contributed by atoms with Crippen LogP contribution in [0.2, 0.25) is 0 Å². The average Bonchev–Trinajstić information content (AvgIpc) is 2.92. The molecule has 1 aliphatic carbocycles. The fourth-order valence-electron chi connectivity index (χ4n) is 4.51. The largest absolute Gasteiger partial charge is 0.349 e. The number of carbonyl (C=O) groups is 1. The van der Waals surface area contributed by atoms with Crippen molar-refractivity contribution in [3.8, 4) is 0 Å². The Kier molecular flexibility index (Phi) is 4.52. The van der Waals surface area contributed by atoms with Gasteiger partial charge in [-0.25, -0.2) is 0 Å². The van der Waals surface area contributed by atoms with Gasteiger partial charge in [-0.3, -0.25) is 9.69 Å². The van der Waals surface area contributed by atoms with Crippen LogP contribution in [0.25, 0.3) is 16.5 Å². The van der Waals surface area contributed by atoms with E-state index in [1.54, 1.807) is 0 Å². The number of nitrogens with zero attached hydrogens (tertiary/aromatic N) is 2. The molecule has 2 radical (unpaired) electrons. The normalized spacial score (nSPS) is 22.2. The molecule has 0 saturated heterocycles. The molecule has 0 bridgehead atoms. The molecule has 0 spiro atoms. The Labute approximate surface area is 164 Å². The summed E-state index contributed by atoms with van der Waals surface area (Å²) in [5, 5.41) is 1.23. The molecule has 1 aromatic carbocycles. The van der Waals surface area contributed by atoms with Crippen molar-refractivity contribution in [1.29, 1.82) is 0 Å². The van der Waals surface area contributed by atoms with Gasteiger partial charge in [0.2, 0.25) is 5.91 Å². The number of hydrogen-bond acceptors (Lipinski definition) is 2. The van der Waals surface area contributed by atoms with E-state index in [1.165, 1.54) is 16.5 Å². The Morgan fingerprint density at radius 2 is 2.12 bits per heavy atom. The summed E-state index contributed by atoms with van der Waals surface area (Å²) in [6.45, 7) is 6.33.